The van der Waals surface area contributed by atoms with Crippen LogP contribution in [0.4, 0.5) is 18.9 Å². The lowest BCUT2D eigenvalue weighted by atomic mass is 10.1. The van der Waals surface area contributed by atoms with Crippen LogP contribution in [0.15, 0.2) is 36.5 Å². The number of nitriles is 1. The van der Waals surface area contributed by atoms with Crippen LogP contribution in [-0.4, -0.2) is 4.98 Å². The van der Waals surface area contributed by atoms with E-state index in [9.17, 15) is 13.2 Å². The second kappa shape index (κ2) is 4.61. The summed E-state index contributed by atoms with van der Waals surface area (Å²) in [6.07, 6.45) is -3.06. The highest BCUT2D eigenvalue weighted by Crippen LogP contribution is 2.30. The van der Waals surface area contributed by atoms with Gasteiger partial charge in [0, 0.05) is 5.56 Å². The lowest BCUT2D eigenvalue weighted by molar-refractivity contribution is -0.137. The molecule has 3 nitrogen and oxygen atoms in total. The zero-order valence-electron chi connectivity index (χ0n) is 9.57. The van der Waals surface area contributed by atoms with Gasteiger partial charge in [0.25, 0.3) is 0 Å². The number of rotatable bonds is 1. The number of nitrogen functional groups attached to an aromatic ring is 1. The molecule has 0 saturated carbocycles. The fraction of sp³-hybridized carbons (Fsp3) is 0.0769. The van der Waals surface area contributed by atoms with Crippen molar-refractivity contribution in [2.24, 2.45) is 0 Å². The standard InChI is InChI=1S/C13H8F3N3/c14-13(15,16)10-3-1-8(2-4-10)12-5-9(6-17)11(18)7-19-12/h1-5,7H,18H2. The molecule has 19 heavy (non-hydrogen) atoms. The normalized spacial score (nSPS) is 11.1. The molecule has 0 atom stereocenters. The van der Waals surface area contributed by atoms with E-state index in [2.05, 4.69) is 4.98 Å². The molecule has 1 heterocycles. The largest absolute Gasteiger partial charge is 0.416 e. The number of nitrogens with zero attached hydrogens (tertiary/aromatic N) is 2. The average Bonchev–Trinajstić information content (AvgIpc) is 2.38. The van der Waals surface area contributed by atoms with Gasteiger partial charge in [0.15, 0.2) is 0 Å². The third-order valence-corrected chi connectivity index (χ3v) is 2.56. The minimum absolute atomic E-state index is 0.234. The van der Waals surface area contributed by atoms with E-state index >= 15 is 0 Å². The van der Waals surface area contributed by atoms with Crippen molar-refractivity contribution < 1.29 is 13.2 Å². The van der Waals surface area contributed by atoms with Crippen molar-refractivity contribution in [3.63, 3.8) is 0 Å². The Balaban J connectivity index is 2.41. The summed E-state index contributed by atoms with van der Waals surface area (Å²) in [5.74, 6) is 0. The van der Waals surface area contributed by atoms with E-state index in [1.165, 1.54) is 24.4 Å². The first kappa shape index (κ1) is 12.9. The van der Waals surface area contributed by atoms with Gasteiger partial charge in [-0.3, -0.25) is 4.98 Å². The predicted molar refractivity (Wildman–Crippen MR) is 63.8 cm³/mol. The van der Waals surface area contributed by atoms with Crippen LogP contribution >= 0.6 is 0 Å². The Bertz CT molecular complexity index is 640. The average molecular weight is 263 g/mol. The summed E-state index contributed by atoms with van der Waals surface area (Å²) < 4.78 is 37.3. The summed E-state index contributed by atoms with van der Waals surface area (Å²) in [5.41, 5.74) is 6.16. The molecule has 1 aromatic heterocycles. The number of pyridine rings is 1. The second-order valence-electron chi connectivity index (χ2n) is 3.84. The van der Waals surface area contributed by atoms with Gasteiger partial charge in [-0.25, -0.2) is 0 Å². The van der Waals surface area contributed by atoms with E-state index in [0.717, 1.165) is 12.1 Å². The van der Waals surface area contributed by atoms with Crippen LogP contribution in [0.1, 0.15) is 11.1 Å². The van der Waals surface area contributed by atoms with Crippen LogP contribution in [-0.2, 0) is 6.18 Å². The Hall–Kier alpha value is -2.55. The lowest BCUT2D eigenvalue weighted by Gasteiger charge is -2.07. The third-order valence-electron chi connectivity index (χ3n) is 2.56. The van der Waals surface area contributed by atoms with E-state index in [1.807, 2.05) is 6.07 Å². The SMILES string of the molecule is N#Cc1cc(-c2ccc(C(F)(F)F)cc2)ncc1N. The molecule has 0 radical (unpaired) electrons. The smallest absolute Gasteiger partial charge is 0.396 e. The summed E-state index contributed by atoms with van der Waals surface area (Å²) in [5, 5.41) is 8.83. The van der Waals surface area contributed by atoms with Crippen LogP contribution in [0.5, 0.6) is 0 Å². The number of aromatic nitrogens is 1. The summed E-state index contributed by atoms with van der Waals surface area (Å²) in [7, 11) is 0. The van der Waals surface area contributed by atoms with Gasteiger partial charge in [0.1, 0.15) is 6.07 Å². The number of anilines is 1. The molecule has 0 saturated heterocycles. The highest BCUT2D eigenvalue weighted by molar-refractivity contribution is 5.65. The number of benzene rings is 1. The highest BCUT2D eigenvalue weighted by atomic mass is 19.4. The quantitative estimate of drug-likeness (QED) is 0.859. The molecule has 2 N–H and O–H groups in total. The van der Waals surface area contributed by atoms with E-state index in [-0.39, 0.29) is 11.3 Å². The number of nitrogens with two attached hydrogens (primary N) is 1. The number of alkyl halides is 3. The van der Waals surface area contributed by atoms with Gasteiger partial charge in [0.2, 0.25) is 0 Å². The van der Waals surface area contributed by atoms with E-state index in [1.54, 1.807) is 0 Å². The van der Waals surface area contributed by atoms with Gasteiger partial charge in [-0.05, 0) is 18.2 Å². The van der Waals surface area contributed by atoms with Gasteiger partial charge in [-0.1, -0.05) is 12.1 Å². The van der Waals surface area contributed by atoms with Crippen molar-refractivity contribution in [2.75, 3.05) is 5.73 Å². The van der Waals surface area contributed by atoms with Crippen molar-refractivity contribution in [1.82, 2.24) is 4.98 Å². The van der Waals surface area contributed by atoms with E-state index < -0.39 is 11.7 Å². The molecule has 0 unspecified atom stereocenters. The Kier molecular flexibility index (Phi) is 3.13. The minimum Gasteiger partial charge on any atom is -0.396 e. The number of halogens is 3. The zero-order valence-corrected chi connectivity index (χ0v) is 9.57. The number of hydrogen-bond donors (Lipinski definition) is 1. The minimum atomic E-state index is -4.37. The maximum absolute atomic E-state index is 12.4. The van der Waals surface area contributed by atoms with E-state index in [4.69, 9.17) is 11.0 Å². The lowest BCUT2D eigenvalue weighted by Crippen LogP contribution is -2.04. The second-order valence-corrected chi connectivity index (χ2v) is 3.84. The Morgan fingerprint density at radius 1 is 1.16 bits per heavy atom. The molecule has 96 valence electrons. The number of hydrogen-bond acceptors (Lipinski definition) is 3. The zero-order chi connectivity index (χ0) is 14.0. The van der Waals surface area contributed by atoms with Gasteiger partial charge < -0.3 is 5.73 Å². The first-order valence-corrected chi connectivity index (χ1v) is 5.25. The topological polar surface area (TPSA) is 62.7 Å². The molecule has 2 aromatic rings. The predicted octanol–water partition coefficient (Wildman–Crippen LogP) is 3.22. The van der Waals surface area contributed by atoms with Crippen LogP contribution in [0.2, 0.25) is 0 Å². The Labute approximate surface area is 107 Å². The fourth-order valence-electron chi connectivity index (χ4n) is 1.55. The van der Waals surface area contributed by atoms with Crippen molar-refractivity contribution in [3.8, 4) is 17.3 Å². The van der Waals surface area contributed by atoms with E-state index in [0.29, 0.717) is 11.3 Å². The molecule has 1 aromatic carbocycles. The Morgan fingerprint density at radius 2 is 1.79 bits per heavy atom. The van der Waals surface area contributed by atoms with Crippen LogP contribution in [0.3, 0.4) is 0 Å². The molecular weight excluding hydrogens is 255 g/mol. The van der Waals surface area contributed by atoms with Gasteiger partial charge in [0.05, 0.1) is 28.7 Å². The van der Waals surface area contributed by atoms with Gasteiger partial charge in [-0.2, -0.15) is 18.4 Å². The molecule has 0 aliphatic carbocycles. The van der Waals surface area contributed by atoms with Crippen molar-refractivity contribution >= 4 is 5.69 Å². The summed E-state index contributed by atoms with van der Waals surface area (Å²) in [6.45, 7) is 0. The molecular formula is C13H8F3N3. The molecule has 0 spiro atoms. The summed E-state index contributed by atoms with van der Waals surface area (Å²) in [4.78, 5) is 3.99. The molecule has 0 fully saturated rings. The summed E-state index contributed by atoms with van der Waals surface area (Å²) in [6, 6.07) is 7.90. The molecule has 6 heteroatoms. The molecule has 2 rings (SSSR count). The third kappa shape index (κ3) is 2.65. The van der Waals surface area contributed by atoms with Crippen molar-refractivity contribution in [3.05, 3.63) is 47.7 Å². The first-order valence-electron chi connectivity index (χ1n) is 5.25. The van der Waals surface area contributed by atoms with Crippen molar-refractivity contribution in [1.29, 1.82) is 5.26 Å². The van der Waals surface area contributed by atoms with Crippen LogP contribution in [0, 0.1) is 11.3 Å². The molecule has 0 bridgehead atoms. The Morgan fingerprint density at radius 3 is 2.32 bits per heavy atom. The van der Waals surface area contributed by atoms with Gasteiger partial charge in [-0.15, -0.1) is 0 Å². The summed E-state index contributed by atoms with van der Waals surface area (Å²) >= 11 is 0. The van der Waals surface area contributed by atoms with Crippen LogP contribution in [0.25, 0.3) is 11.3 Å². The fourth-order valence-corrected chi connectivity index (χ4v) is 1.55. The highest BCUT2D eigenvalue weighted by Gasteiger charge is 2.29. The maximum atomic E-state index is 12.4. The molecule has 0 aliphatic heterocycles. The maximum Gasteiger partial charge on any atom is 0.416 e. The van der Waals surface area contributed by atoms with Crippen LogP contribution < -0.4 is 5.73 Å². The van der Waals surface area contributed by atoms with Crippen molar-refractivity contribution in [2.45, 2.75) is 6.18 Å². The first-order chi connectivity index (χ1) is 8.91. The monoisotopic (exact) mass is 263 g/mol. The van der Waals surface area contributed by atoms with Gasteiger partial charge >= 0.3 is 6.18 Å². The molecule has 0 amide bonds. The molecule has 0 aliphatic rings.